The van der Waals surface area contributed by atoms with Gasteiger partial charge in [0.25, 0.3) is 0 Å². The normalized spacial score (nSPS) is 21.2. The minimum absolute atomic E-state index is 0.315. The molecule has 2 atom stereocenters. The lowest BCUT2D eigenvalue weighted by Gasteiger charge is -2.44. The Morgan fingerprint density at radius 1 is 1.26 bits per heavy atom. The van der Waals surface area contributed by atoms with E-state index in [0.717, 1.165) is 32.1 Å². The molecule has 4 rings (SSSR count). The van der Waals surface area contributed by atoms with Gasteiger partial charge in [-0.1, -0.05) is 0 Å². The number of anilines is 2. The zero-order valence-corrected chi connectivity index (χ0v) is 15.9. The molecule has 0 bridgehead atoms. The van der Waals surface area contributed by atoms with E-state index in [1.165, 1.54) is 0 Å². The standard InChI is InChI=1S/C18H25N7O2/c1-12-10-23(11-13(2)24(12)6-8-26-3)15-9-16-20-17(14-5-4-7-27-14)22-25(16)18(19)21-15/h4-5,7,9,12-13H,6,8,10-11H2,1-3H3,(H2,19,21). The molecule has 9 heteroatoms. The van der Waals surface area contributed by atoms with Gasteiger partial charge in [-0.3, -0.25) is 4.90 Å². The largest absolute Gasteiger partial charge is 0.461 e. The molecule has 1 saturated heterocycles. The summed E-state index contributed by atoms with van der Waals surface area (Å²) in [5.41, 5.74) is 6.82. The second-order valence-corrected chi connectivity index (χ2v) is 6.99. The number of piperazine rings is 1. The molecule has 3 aromatic rings. The first-order valence-electron chi connectivity index (χ1n) is 9.13. The molecule has 0 saturated carbocycles. The molecule has 1 aliphatic heterocycles. The maximum absolute atomic E-state index is 6.16. The quantitative estimate of drug-likeness (QED) is 0.721. The first kappa shape index (κ1) is 17.7. The van der Waals surface area contributed by atoms with Gasteiger partial charge >= 0.3 is 0 Å². The van der Waals surface area contributed by atoms with E-state index in [-0.39, 0.29) is 0 Å². The van der Waals surface area contributed by atoms with Gasteiger partial charge in [-0.05, 0) is 26.0 Å². The molecular weight excluding hydrogens is 346 g/mol. The molecule has 0 aromatic carbocycles. The minimum Gasteiger partial charge on any atom is -0.461 e. The molecule has 9 nitrogen and oxygen atoms in total. The van der Waals surface area contributed by atoms with Crippen LogP contribution in [0.2, 0.25) is 0 Å². The Bertz CT molecular complexity index is 896. The molecule has 27 heavy (non-hydrogen) atoms. The van der Waals surface area contributed by atoms with Crippen molar-refractivity contribution < 1.29 is 9.15 Å². The van der Waals surface area contributed by atoms with Crippen LogP contribution in [0.4, 0.5) is 11.8 Å². The van der Waals surface area contributed by atoms with Crippen LogP contribution in [0.5, 0.6) is 0 Å². The molecule has 2 unspecified atom stereocenters. The predicted molar refractivity (Wildman–Crippen MR) is 103 cm³/mol. The Morgan fingerprint density at radius 3 is 2.70 bits per heavy atom. The Balaban J connectivity index is 1.60. The van der Waals surface area contributed by atoms with Gasteiger partial charge in [0.2, 0.25) is 11.8 Å². The summed E-state index contributed by atoms with van der Waals surface area (Å²) in [7, 11) is 1.74. The van der Waals surface area contributed by atoms with Crippen LogP contribution < -0.4 is 10.6 Å². The van der Waals surface area contributed by atoms with E-state index in [4.69, 9.17) is 14.9 Å². The summed E-state index contributed by atoms with van der Waals surface area (Å²) in [5.74, 6) is 2.24. The number of rotatable bonds is 5. The molecule has 0 amide bonds. The Hall–Kier alpha value is -2.65. The van der Waals surface area contributed by atoms with E-state index in [2.05, 4.69) is 38.7 Å². The third-order valence-corrected chi connectivity index (χ3v) is 5.06. The smallest absolute Gasteiger partial charge is 0.225 e. The maximum Gasteiger partial charge on any atom is 0.225 e. The highest BCUT2D eigenvalue weighted by Gasteiger charge is 2.30. The predicted octanol–water partition coefficient (Wildman–Crippen LogP) is 1.51. The first-order chi connectivity index (χ1) is 13.1. The number of methoxy groups -OCH3 is 1. The fourth-order valence-electron chi connectivity index (χ4n) is 3.75. The summed E-state index contributed by atoms with van der Waals surface area (Å²) in [4.78, 5) is 13.8. The van der Waals surface area contributed by atoms with E-state index in [1.54, 1.807) is 24.0 Å². The van der Waals surface area contributed by atoms with Crippen LogP contribution in [-0.4, -0.2) is 69.9 Å². The number of nitrogens with two attached hydrogens (primary N) is 1. The molecule has 1 aliphatic rings. The fourth-order valence-corrected chi connectivity index (χ4v) is 3.75. The fraction of sp³-hybridized carbons (Fsp3) is 0.500. The van der Waals surface area contributed by atoms with Crippen LogP contribution >= 0.6 is 0 Å². The van der Waals surface area contributed by atoms with Crippen LogP contribution in [0.1, 0.15) is 13.8 Å². The van der Waals surface area contributed by atoms with Crippen molar-refractivity contribution >= 4 is 17.4 Å². The molecule has 0 aliphatic carbocycles. The molecular formula is C18H25N7O2. The van der Waals surface area contributed by atoms with Gasteiger partial charge in [-0.15, -0.1) is 5.10 Å². The minimum atomic E-state index is 0.315. The van der Waals surface area contributed by atoms with E-state index in [0.29, 0.717) is 35.3 Å². The van der Waals surface area contributed by atoms with Gasteiger partial charge in [0.15, 0.2) is 11.4 Å². The highest BCUT2D eigenvalue weighted by atomic mass is 16.5. The summed E-state index contributed by atoms with van der Waals surface area (Å²) in [6.07, 6.45) is 1.60. The molecule has 2 N–H and O–H groups in total. The number of fused-ring (bicyclic) bond motifs is 1. The van der Waals surface area contributed by atoms with E-state index in [1.807, 2.05) is 12.1 Å². The van der Waals surface area contributed by atoms with Crippen molar-refractivity contribution in [1.82, 2.24) is 24.5 Å². The van der Waals surface area contributed by atoms with Crippen LogP contribution in [0.25, 0.3) is 17.2 Å². The number of hydrogen-bond acceptors (Lipinski definition) is 8. The average Bonchev–Trinajstić information content (AvgIpc) is 3.30. The summed E-state index contributed by atoms with van der Waals surface area (Å²) in [6, 6.07) is 6.33. The Kier molecular flexibility index (Phi) is 4.71. The third kappa shape index (κ3) is 3.35. The second-order valence-electron chi connectivity index (χ2n) is 6.99. The van der Waals surface area contributed by atoms with Gasteiger partial charge < -0.3 is 19.8 Å². The van der Waals surface area contributed by atoms with Gasteiger partial charge in [-0.25, -0.2) is 4.98 Å². The van der Waals surface area contributed by atoms with Crippen molar-refractivity contribution in [1.29, 1.82) is 0 Å². The van der Waals surface area contributed by atoms with Crippen LogP contribution in [0, 0.1) is 0 Å². The topological polar surface area (TPSA) is 98.0 Å². The Morgan fingerprint density at radius 2 is 2.04 bits per heavy atom. The highest BCUT2D eigenvalue weighted by molar-refractivity contribution is 5.59. The van der Waals surface area contributed by atoms with Crippen molar-refractivity contribution in [3.8, 4) is 11.6 Å². The third-order valence-electron chi connectivity index (χ3n) is 5.06. The van der Waals surface area contributed by atoms with Gasteiger partial charge in [-0.2, -0.15) is 9.50 Å². The second kappa shape index (κ2) is 7.16. The molecule has 4 heterocycles. The van der Waals surface area contributed by atoms with E-state index < -0.39 is 0 Å². The van der Waals surface area contributed by atoms with Crippen molar-refractivity contribution in [2.24, 2.45) is 0 Å². The number of ether oxygens (including phenoxy) is 1. The zero-order chi connectivity index (χ0) is 19.0. The van der Waals surface area contributed by atoms with Crippen LogP contribution in [-0.2, 0) is 4.74 Å². The number of aromatic nitrogens is 4. The van der Waals surface area contributed by atoms with Crippen molar-refractivity contribution in [2.75, 3.05) is 44.0 Å². The Labute approximate surface area is 157 Å². The molecule has 144 valence electrons. The summed E-state index contributed by atoms with van der Waals surface area (Å²) < 4.78 is 12.2. The number of furan rings is 1. The van der Waals surface area contributed by atoms with Gasteiger partial charge in [0, 0.05) is 44.9 Å². The average molecular weight is 371 g/mol. The zero-order valence-electron chi connectivity index (χ0n) is 15.9. The van der Waals surface area contributed by atoms with Crippen LogP contribution in [0.3, 0.4) is 0 Å². The summed E-state index contributed by atoms with van der Waals surface area (Å²) in [6.45, 7) is 7.86. The van der Waals surface area contributed by atoms with Crippen molar-refractivity contribution in [3.63, 3.8) is 0 Å². The van der Waals surface area contributed by atoms with E-state index in [9.17, 15) is 0 Å². The van der Waals surface area contributed by atoms with E-state index >= 15 is 0 Å². The number of hydrogen-bond donors (Lipinski definition) is 1. The number of nitrogen functional groups attached to an aromatic ring is 1. The van der Waals surface area contributed by atoms with Crippen molar-refractivity contribution in [2.45, 2.75) is 25.9 Å². The molecule has 0 spiro atoms. The van der Waals surface area contributed by atoms with Crippen molar-refractivity contribution in [3.05, 3.63) is 24.5 Å². The summed E-state index contributed by atoms with van der Waals surface area (Å²) >= 11 is 0. The first-order valence-corrected chi connectivity index (χ1v) is 9.13. The molecule has 3 aromatic heterocycles. The number of nitrogens with zero attached hydrogens (tertiary/aromatic N) is 6. The monoisotopic (exact) mass is 371 g/mol. The van der Waals surface area contributed by atoms with Gasteiger partial charge in [0.05, 0.1) is 12.9 Å². The van der Waals surface area contributed by atoms with Gasteiger partial charge in [0.1, 0.15) is 5.82 Å². The molecule has 0 radical (unpaired) electrons. The lowest BCUT2D eigenvalue weighted by Crippen LogP contribution is -2.57. The summed E-state index contributed by atoms with van der Waals surface area (Å²) in [5, 5.41) is 4.40. The molecule has 1 fully saturated rings. The highest BCUT2D eigenvalue weighted by Crippen LogP contribution is 2.24. The maximum atomic E-state index is 6.16. The lowest BCUT2D eigenvalue weighted by molar-refractivity contribution is 0.0845. The van der Waals surface area contributed by atoms with Crippen LogP contribution in [0.15, 0.2) is 28.9 Å². The lowest BCUT2D eigenvalue weighted by atomic mass is 10.1. The SMILES string of the molecule is COCCN1C(C)CN(c2cc3nc(-c4ccco4)nn3c(N)n2)CC1C.